The second-order valence-corrected chi connectivity index (χ2v) is 3.26. The number of hydrogen-bond donors (Lipinski definition) is 0. The molecule has 66 valence electrons. The number of alkyl halides is 2. The molecule has 0 nitrogen and oxygen atoms in total. The standard InChI is InChI=1S/C4H4BBrCl2F3.K/c6-4(2-8)3(1-7)5(9,10)11;/h1-2H2;/q-1;+1. The second-order valence-electron chi connectivity index (χ2n) is 1.77. The molecule has 0 radical (unpaired) electrons. The third kappa shape index (κ3) is 5.90. The van der Waals surface area contributed by atoms with Crippen molar-refractivity contribution in [3.63, 3.8) is 0 Å². The fraction of sp³-hybridized carbons (Fsp3) is 0.500. The topological polar surface area (TPSA) is 0 Å². The summed E-state index contributed by atoms with van der Waals surface area (Å²) in [6, 6.07) is 0. The molecule has 0 amide bonds. The molecule has 0 fully saturated rings. The fourth-order valence-corrected chi connectivity index (χ4v) is 1.49. The zero-order chi connectivity index (χ0) is 9.07. The van der Waals surface area contributed by atoms with Crippen LogP contribution in [0.15, 0.2) is 9.95 Å². The molecule has 0 aromatic rings. The van der Waals surface area contributed by atoms with E-state index in [-0.39, 0.29) is 61.7 Å². The molecule has 0 aliphatic rings. The van der Waals surface area contributed by atoms with E-state index in [1.807, 2.05) is 0 Å². The van der Waals surface area contributed by atoms with Crippen molar-refractivity contribution >= 4 is 46.1 Å². The summed E-state index contributed by atoms with van der Waals surface area (Å²) in [6.07, 6.45) is 0. The molecule has 0 aromatic carbocycles. The van der Waals surface area contributed by atoms with E-state index in [4.69, 9.17) is 23.2 Å². The molecule has 8 heteroatoms. The van der Waals surface area contributed by atoms with Crippen LogP contribution in [-0.2, 0) is 0 Å². The first-order valence-electron chi connectivity index (χ1n) is 2.62. The van der Waals surface area contributed by atoms with Gasteiger partial charge in [-0.05, 0) is 4.48 Å². The van der Waals surface area contributed by atoms with Crippen LogP contribution in [-0.4, -0.2) is 18.7 Å². The van der Waals surface area contributed by atoms with Crippen LogP contribution in [0.3, 0.4) is 0 Å². The normalized spacial score (nSPS) is 13.5. The third-order valence-electron chi connectivity index (χ3n) is 1.00. The van der Waals surface area contributed by atoms with Crippen molar-refractivity contribution in [3.8, 4) is 0 Å². The van der Waals surface area contributed by atoms with Crippen molar-refractivity contribution in [2.75, 3.05) is 11.8 Å². The summed E-state index contributed by atoms with van der Waals surface area (Å²) in [5.74, 6) is -0.764. The largest absolute Gasteiger partial charge is 1.00 e. The van der Waals surface area contributed by atoms with Gasteiger partial charge < -0.3 is 12.9 Å². The van der Waals surface area contributed by atoms with Crippen molar-refractivity contribution in [2.24, 2.45) is 0 Å². The van der Waals surface area contributed by atoms with Crippen LogP contribution in [0.5, 0.6) is 0 Å². The van der Waals surface area contributed by atoms with Crippen molar-refractivity contribution in [1.82, 2.24) is 0 Å². The summed E-state index contributed by atoms with van der Waals surface area (Å²) in [7, 11) is 0. The van der Waals surface area contributed by atoms with E-state index in [1.54, 1.807) is 0 Å². The van der Waals surface area contributed by atoms with Gasteiger partial charge in [0.2, 0.25) is 0 Å². The minimum absolute atomic E-state index is 0. The molecule has 0 N–H and O–H groups in total. The van der Waals surface area contributed by atoms with E-state index in [0.29, 0.717) is 0 Å². The average molecular weight is 310 g/mol. The second kappa shape index (κ2) is 7.57. The van der Waals surface area contributed by atoms with Gasteiger partial charge >= 0.3 is 58.4 Å². The number of halogens is 6. The first-order valence-corrected chi connectivity index (χ1v) is 4.49. The molecular weight excluding hydrogens is 306 g/mol. The van der Waals surface area contributed by atoms with Gasteiger partial charge in [0, 0.05) is 5.88 Å². The smallest absolute Gasteiger partial charge is 0.445 e. The molecule has 0 bridgehead atoms. The summed E-state index contributed by atoms with van der Waals surface area (Å²) >= 11 is 13.0. The monoisotopic (exact) mass is 308 g/mol. The first kappa shape index (κ1) is 16.7. The molecule has 0 atom stereocenters. The zero-order valence-corrected chi connectivity index (χ0v) is 12.5. The van der Waals surface area contributed by atoms with Crippen molar-refractivity contribution in [2.45, 2.75) is 0 Å². The summed E-state index contributed by atoms with van der Waals surface area (Å²) in [5.41, 5.74) is -0.762. The fourth-order valence-electron chi connectivity index (χ4n) is 0.423. The molecule has 0 spiro atoms. The number of allylic oxidation sites excluding steroid dienone is 2. The van der Waals surface area contributed by atoms with Crippen LogP contribution in [0.4, 0.5) is 12.9 Å². The summed E-state index contributed by atoms with van der Waals surface area (Å²) in [6.45, 7) is -5.01. The average Bonchev–Trinajstić information content (AvgIpc) is 1.86. The van der Waals surface area contributed by atoms with Gasteiger partial charge in [-0.15, -0.1) is 28.7 Å². The Bertz CT molecular complexity index is 172. The van der Waals surface area contributed by atoms with Crippen LogP contribution in [0.2, 0.25) is 0 Å². The van der Waals surface area contributed by atoms with Crippen LogP contribution in [0, 0.1) is 0 Å². The Hall–Kier alpha value is 2.29. The molecule has 0 aromatic heterocycles. The van der Waals surface area contributed by atoms with E-state index < -0.39 is 18.3 Å². The Kier molecular flexibility index (Phi) is 10.5. The Morgan fingerprint density at radius 3 is 1.67 bits per heavy atom. The van der Waals surface area contributed by atoms with E-state index in [0.717, 1.165) is 0 Å². The predicted octanol–water partition coefficient (Wildman–Crippen LogP) is 0.504. The zero-order valence-electron chi connectivity index (χ0n) is 6.26. The molecule has 0 aliphatic carbocycles. The molecule has 12 heavy (non-hydrogen) atoms. The maximum atomic E-state index is 12.0. The Balaban J connectivity index is 0. The Morgan fingerprint density at radius 2 is 1.58 bits per heavy atom. The molecule has 0 saturated carbocycles. The van der Waals surface area contributed by atoms with Crippen molar-refractivity contribution in [3.05, 3.63) is 9.95 Å². The minimum Gasteiger partial charge on any atom is -0.445 e. The first-order chi connectivity index (χ1) is 4.93. The van der Waals surface area contributed by atoms with Gasteiger partial charge in [0.05, 0.1) is 5.88 Å². The van der Waals surface area contributed by atoms with Crippen molar-refractivity contribution < 1.29 is 64.3 Å². The SMILES string of the molecule is F[B-](F)(F)C(CCl)=C(Br)CCl.[K+]. The van der Waals surface area contributed by atoms with E-state index in [1.165, 1.54) is 0 Å². The molecule has 0 aliphatic heterocycles. The molecule has 0 heterocycles. The van der Waals surface area contributed by atoms with Gasteiger partial charge in [-0.1, -0.05) is 15.9 Å². The molecular formula is C4H4BBrCl2F3K. The van der Waals surface area contributed by atoms with Gasteiger partial charge in [0.25, 0.3) is 0 Å². The Morgan fingerprint density at radius 1 is 1.17 bits per heavy atom. The predicted molar refractivity (Wildman–Crippen MR) is 46.5 cm³/mol. The third-order valence-corrected chi connectivity index (χ3v) is 2.67. The maximum Gasteiger partial charge on any atom is 1.00 e. The van der Waals surface area contributed by atoms with E-state index in [9.17, 15) is 12.9 Å². The van der Waals surface area contributed by atoms with Crippen LogP contribution < -0.4 is 51.4 Å². The van der Waals surface area contributed by atoms with Crippen LogP contribution >= 0.6 is 39.1 Å². The van der Waals surface area contributed by atoms with E-state index in [2.05, 4.69) is 15.9 Å². The van der Waals surface area contributed by atoms with Gasteiger partial charge in [-0.25, -0.2) is 0 Å². The van der Waals surface area contributed by atoms with Crippen LogP contribution in [0.25, 0.3) is 0 Å². The number of rotatable bonds is 3. The van der Waals surface area contributed by atoms with Gasteiger partial charge in [0.1, 0.15) is 0 Å². The Labute approximate surface area is 130 Å². The van der Waals surface area contributed by atoms with Gasteiger partial charge in [-0.2, -0.15) is 0 Å². The minimum atomic E-state index is -5.01. The van der Waals surface area contributed by atoms with Crippen molar-refractivity contribution in [1.29, 1.82) is 0 Å². The number of hydrogen-bond acceptors (Lipinski definition) is 0. The van der Waals surface area contributed by atoms with E-state index >= 15 is 0 Å². The van der Waals surface area contributed by atoms with Crippen LogP contribution in [0.1, 0.15) is 0 Å². The summed E-state index contributed by atoms with van der Waals surface area (Å²) < 4.78 is 35.9. The quantitative estimate of drug-likeness (QED) is 0.526. The van der Waals surface area contributed by atoms with Gasteiger partial charge in [0.15, 0.2) is 0 Å². The molecule has 0 unspecified atom stereocenters. The maximum absolute atomic E-state index is 12.0. The van der Waals surface area contributed by atoms with Gasteiger partial charge in [-0.3, -0.25) is 0 Å². The molecule has 0 rings (SSSR count). The summed E-state index contributed by atoms with van der Waals surface area (Å²) in [5, 5.41) is 0. The molecule has 0 saturated heterocycles. The summed E-state index contributed by atoms with van der Waals surface area (Å²) in [4.78, 5) is 0.